The van der Waals surface area contributed by atoms with Gasteiger partial charge in [0, 0.05) is 41.4 Å². The summed E-state index contributed by atoms with van der Waals surface area (Å²) >= 11 is 1.68. The lowest BCUT2D eigenvalue weighted by atomic mass is 9.94. The summed E-state index contributed by atoms with van der Waals surface area (Å²) in [6, 6.07) is 6.30. The van der Waals surface area contributed by atoms with Gasteiger partial charge in [-0.05, 0) is 49.9 Å². The maximum atomic E-state index is 12.1. The molecule has 0 bridgehead atoms. The van der Waals surface area contributed by atoms with Crippen LogP contribution in [0.2, 0.25) is 0 Å². The van der Waals surface area contributed by atoms with Crippen molar-refractivity contribution in [3.63, 3.8) is 0 Å². The first-order chi connectivity index (χ1) is 12.0. The van der Waals surface area contributed by atoms with E-state index in [9.17, 15) is 4.79 Å². The summed E-state index contributed by atoms with van der Waals surface area (Å²) in [6.45, 7) is 6.16. The molecule has 1 aromatic heterocycles. The fraction of sp³-hybridized carbons (Fsp3) is 0.450. The lowest BCUT2D eigenvalue weighted by molar-refractivity contribution is 0.170. The number of nitrogens with zero attached hydrogens (tertiary/aromatic N) is 1. The zero-order valence-electron chi connectivity index (χ0n) is 15.4. The first-order valence-electron chi connectivity index (χ1n) is 8.92. The average Bonchev–Trinajstić information content (AvgIpc) is 2.62. The van der Waals surface area contributed by atoms with Gasteiger partial charge in [-0.15, -0.1) is 0 Å². The number of anilines is 1. The normalized spacial score (nSPS) is 16.2. The molecule has 1 aliphatic rings. The van der Waals surface area contributed by atoms with Gasteiger partial charge in [-0.25, -0.2) is 0 Å². The van der Waals surface area contributed by atoms with Crippen molar-refractivity contribution in [1.29, 1.82) is 0 Å². The largest absolute Gasteiger partial charge is 0.489 e. The van der Waals surface area contributed by atoms with Crippen LogP contribution < -0.4 is 15.0 Å². The van der Waals surface area contributed by atoms with E-state index in [1.165, 1.54) is 5.56 Å². The number of ether oxygens (including phenoxy) is 1. The molecule has 0 saturated heterocycles. The van der Waals surface area contributed by atoms with Crippen LogP contribution in [0, 0.1) is 6.92 Å². The molecule has 2 heterocycles. The molecule has 0 fully saturated rings. The predicted octanol–water partition coefficient (Wildman–Crippen LogP) is 4.54. The van der Waals surface area contributed by atoms with Crippen molar-refractivity contribution >= 4 is 17.6 Å². The third-order valence-corrected chi connectivity index (χ3v) is 5.32. The molecule has 0 amide bonds. The number of fused-ring (bicyclic) bond motifs is 1. The number of rotatable bonds is 5. The molecule has 1 aliphatic heterocycles. The van der Waals surface area contributed by atoms with Crippen LogP contribution in [0.5, 0.6) is 5.75 Å². The van der Waals surface area contributed by atoms with Crippen LogP contribution in [0.4, 0.5) is 5.69 Å². The fourth-order valence-corrected chi connectivity index (χ4v) is 3.73. The van der Waals surface area contributed by atoms with Gasteiger partial charge in [-0.2, -0.15) is 0 Å². The Balaban J connectivity index is 2.14. The average molecular weight is 359 g/mol. The molecule has 0 radical (unpaired) electrons. The van der Waals surface area contributed by atoms with Gasteiger partial charge in [0.05, 0.1) is 6.10 Å². The Morgan fingerprint density at radius 3 is 2.80 bits per heavy atom. The molecular weight excluding hydrogens is 332 g/mol. The summed E-state index contributed by atoms with van der Waals surface area (Å²) in [5, 5.41) is 0. The lowest BCUT2D eigenvalue weighted by Crippen LogP contribution is -2.22. The monoisotopic (exact) mass is 358 g/mol. The van der Waals surface area contributed by atoms with Crippen molar-refractivity contribution in [2.45, 2.75) is 46.1 Å². The van der Waals surface area contributed by atoms with Gasteiger partial charge in [-0.1, -0.05) is 25.8 Å². The summed E-state index contributed by atoms with van der Waals surface area (Å²) in [5.74, 6) is 1.97. The first kappa shape index (κ1) is 17.9. The van der Waals surface area contributed by atoms with Crippen molar-refractivity contribution in [3.8, 4) is 16.9 Å². The van der Waals surface area contributed by atoms with E-state index in [0.29, 0.717) is 0 Å². The molecule has 0 aliphatic carbocycles. The van der Waals surface area contributed by atoms with Crippen LogP contribution in [-0.2, 0) is 13.5 Å². The minimum absolute atomic E-state index is 0.0424. The highest BCUT2D eigenvalue weighted by atomic mass is 32.2. The number of hydrogen-bond donors (Lipinski definition) is 1. The lowest BCUT2D eigenvalue weighted by Gasteiger charge is -2.28. The van der Waals surface area contributed by atoms with E-state index in [2.05, 4.69) is 30.7 Å². The summed E-state index contributed by atoms with van der Waals surface area (Å²) < 4.78 is 11.4. The van der Waals surface area contributed by atoms with Crippen LogP contribution in [0.25, 0.3) is 11.1 Å². The second-order valence-corrected chi connectivity index (χ2v) is 7.63. The Labute approximate surface area is 153 Å². The zero-order chi connectivity index (χ0) is 18.0. The SMILES string of the molecule is CCSNc1cc2c(c(-c3cc(C)c(=O)n(C)c3)c1)OC(CC)CC2. The van der Waals surface area contributed by atoms with Crippen molar-refractivity contribution in [2.75, 3.05) is 10.5 Å². The highest BCUT2D eigenvalue weighted by Crippen LogP contribution is 2.41. The smallest absolute Gasteiger partial charge is 0.253 e. The Hall–Kier alpha value is -1.88. The van der Waals surface area contributed by atoms with E-state index in [1.54, 1.807) is 23.6 Å². The summed E-state index contributed by atoms with van der Waals surface area (Å²) in [4.78, 5) is 12.1. The van der Waals surface area contributed by atoms with Crippen molar-refractivity contribution < 1.29 is 4.74 Å². The maximum Gasteiger partial charge on any atom is 0.253 e. The molecule has 1 aromatic carbocycles. The molecule has 1 unspecified atom stereocenters. The van der Waals surface area contributed by atoms with Gasteiger partial charge in [-0.3, -0.25) is 4.79 Å². The molecule has 0 saturated carbocycles. The number of nitrogens with one attached hydrogen (secondary N) is 1. The van der Waals surface area contributed by atoms with Gasteiger partial charge < -0.3 is 14.0 Å². The van der Waals surface area contributed by atoms with Crippen molar-refractivity contribution in [3.05, 3.63) is 45.9 Å². The van der Waals surface area contributed by atoms with Crippen LogP contribution in [-0.4, -0.2) is 16.4 Å². The summed E-state index contributed by atoms with van der Waals surface area (Å²) in [7, 11) is 1.80. The quantitative estimate of drug-likeness (QED) is 0.797. The second-order valence-electron chi connectivity index (χ2n) is 6.56. The number of pyridine rings is 1. The van der Waals surface area contributed by atoms with Gasteiger partial charge in [0.2, 0.25) is 0 Å². The summed E-state index contributed by atoms with van der Waals surface area (Å²) in [6.07, 6.45) is 5.26. The van der Waals surface area contributed by atoms with Crippen molar-refractivity contribution in [1.82, 2.24) is 4.57 Å². The van der Waals surface area contributed by atoms with E-state index in [0.717, 1.165) is 53.1 Å². The van der Waals surface area contributed by atoms with Gasteiger partial charge in [0.15, 0.2) is 0 Å². The third-order valence-electron chi connectivity index (χ3n) is 4.65. The van der Waals surface area contributed by atoms with Crippen LogP contribution in [0.15, 0.2) is 29.2 Å². The number of benzene rings is 1. The van der Waals surface area contributed by atoms with Gasteiger partial charge >= 0.3 is 0 Å². The van der Waals surface area contributed by atoms with Crippen LogP contribution in [0.1, 0.15) is 37.8 Å². The highest BCUT2D eigenvalue weighted by Gasteiger charge is 2.23. The Bertz CT molecular complexity index is 803. The molecule has 3 rings (SSSR count). The standard InChI is InChI=1S/C20H26N2O2S/c1-5-17-8-7-14-10-16(21-25-6-2)11-18(19(14)24-17)15-9-13(3)20(23)22(4)12-15/h9-12,17,21H,5-8H2,1-4H3. The molecule has 4 nitrogen and oxygen atoms in total. The predicted molar refractivity (Wildman–Crippen MR) is 107 cm³/mol. The highest BCUT2D eigenvalue weighted by molar-refractivity contribution is 8.00. The number of hydrogen-bond acceptors (Lipinski definition) is 4. The first-order valence-corrected chi connectivity index (χ1v) is 9.91. The van der Waals surface area contributed by atoms with Gasteiger partial charge in [0.1, 0.15) is 5.75 Å². The van der Waals surface area contributed by atoms with E-state index in [1.807, 2.05) is 19.2 Å². The Morgan fingerprint density at radius 1 is 1.32 bits per heavy atom. The maximum absolute atomic E-state index is 12.1. The Morgan fingerprint density at radius 2 is 2.12 bits per heavy atom. The molecule has 1 atom stereocenters. The molecule has 1 N–H and O–H groups in total. The van der Waals surface area contributed by atoms with Crippen molar-refractivity contribution in [2.24, 2.45) is 7.05 Å². The fourth-order valence-electron chi connectivity index (χ4n) is 3.30. The number of aromatic nitrogens is 1. The van der Waals surface area contributed by atoms with Crippen LogP contribution >= 0.6 is 11.9 Å². The van der Waals surface area contributed by atoms with Gasteiger partial charge in [0.25, 0.3) is 5.56 Å². The minimum Gasteiger partial charge on any atom is -0.489 e. The van der Waals surface area contributed by atoms with E-state index < -0.39 is 0 Å². The topological polar surface area (TPSA) is 43.3 Å². The minimum atomic E-state index is 0.0424. The van der Waals surface area contributed by atoms with Crippen LogP contribution in [0.3, 0.4) is 0 Å². The number of aryl methyl sites for hydroxylation is 3. The van der Waals surface area contributed by atoms with E-state index >= 15 is 0 Å². The molecular formula is C20H26N2O2S. The summed E-state index contributed by atoms with van der Waals surface area (Å²) in [5.41, 5.74) is 5.21. The molecule has 134 valence electrons. The molecule has 25 heavy (non-hydrogen) atoms. The Kier molecular flexibility index (Phi) is 5.42. The molecule has 2 aromatic rings. The second kappa shape index (κ2) is 7.56. The zero-order valence-corrected chi connectivity index (χ0v) is 16.2. The van der Waals surface area contributed by atoms with E-state index in [4.69, 9.17) is 4.74 Å². The third kappa shape index (κ3) is 3.71. The molecule has 5 heteroatoms. The molecule has 0 spiro atoms. The van der Waals surface area contributed by atoms with E-state index in [-0.39, 0.29) is 11.7 Å².